The highest BCUT2D eigenvalue weighted by molar-refractivity contribution is 7.92. The Balaban J connectivity index is 2.30. The van der Waals surface area contributed by atoms with Gasteiger partial charge in [-0.15, -0.1) is 0 Å². The van der Waals surface area contributed by atoms with E-state index in [2.05, 4.69) is 9.71 Å². The average Bonchev–Trinajstić information content (AvgIpc) is 2.32. The van der Waals surface area contributed by atoms with Crippen molar-refractivity contribution < 1.29 is 17.2 Å². The van der Waals surface area contributed by atoms with Gasteiger partial charge < -0.3 is 0 Å². The average molecular weight is 270 g/mol. The lowest BCUT2D eigenvalue weighted by Crippen LogP contribution is -2.13. The summed E-state index contributed by atoms with van der Waals surface area (Å²) in [5.41, 5.74) is 0.0978. The molecule has 94 valence electrons. The number of pyridine rings is 1. The van der Waals surface area contributed by atoms with E-state index in [0.717, 1.165) is 24.4 Å². The molecule has 0 aliphatic heterocycles. The van der Waals surface area contributed by atoms with E-state index in [-0.39, 0.29) is 10.6 Å². The van der Waals surface area contributed by atoms with Gasteiger partial charge in [0.15, 0.2) is 0 Å². The van der Waals surface area contributed by atoms with Gasteiger partial charge in [-0.25, -0.2) is 17.8 Å². The van der Waals surface area contributed by atoms with Crippen LogP contribution in [-0.4, -0.2) is 13.4 Å². The minimum atomic E-state index is -3.90. The zero-order chi connectivity index (χ0) is 13.2. The van der Waals surface area contributed by atoms with Gasteiger partial charge in [-0.2, -0.15) is 4.39 Å². The van der Waals surface area contributed by atoms with Crippen molar-refractivity contribution in [3.05, 3.63) is 54.4 Å². The lowest BCUT2D eigenvalue weighted by atomic mass is 10.4. The quantitative estimate of drug-likeness (QED) is 0.869. The second kappa shape index (κ2) is 4.69. The van der Waals surface area contributed by atoms with Gasteiger partial charge in [0.25, 0.3) is 10.0 Å². The van der Waals surface area contributed by atoms with Crippen molar-refractivity contribution in [3.8, 4) is 0 Å². The highest BCUT2D eigenvalue weighted by atomic mass is 32.2. The molecule has 1 aromatic carbocycles. The minimum absolute atomic E-state index is 0.0978. The molecule has 0 aliphatic rings. The molecule has 2 rings (SSSR count). The van der Waals surface area contributed by atoms with Crippen molar-refractivity contribution in [2.24, 2.45) is 0 Å². The summed E-state index contributed by atoms with van der Waals surface area (Å²) in [4.78, 5) is 3.09. The number of hydrogen-bond acceptors (Lipinski definition) is 3. The van der Waals surface area contributed by atoms with Crippen LogP contribution < -0.4 is 4.72 Å². The molecule has 0 aliphatic carbocycles. The Labute approximate surface area is 102 Å². The van der Waals surface area contributed by atoms with Crippen LogP contribution in [-0.2, 0) is 10.0 Å². The second-order valence-electron chi connectivity index (χ2n) is 3.43. The van der Waals surface area contributed by atoms with Gasteiger partial charge in [0.2, 0.25) is 5.95 Å². The van der Waals surface area contributed by atoms with E-state index < -0.39 is 21.8 Å². The number of sulfonamides is 1. The molecular weight excluding hydrogens is 262 g/mol. The van der Waals surface area contributed by atoms with E-state index in [4.69, 9.17) is 0 Å². The monoisotopic (exact) mass is 270 g/mol. The number of hydrogen-bond donors (Lipinski definition) is 1. The summed E-state index contributed by atoms with van der Waals surface area (Å²) in [5, 5.41) is 0. The molecular formula is C11H8F2N2O2S. The van der Waals surface area contributed by atoms with Crippen molar-refractivity contribution in [1.29, 1.82) is 0 Å². The van der Waals surface area contributed by atoms with Crippen molar-refractivity contribution in [2.75, 3.05) is 4.72 Å². The van der Waals surface area contributed by atoms with Crippen molar-refractivity contribution in [2.45, 2.75) is 4.90 Å². The van der Waals surface area contributed by atoms with Crippen LogP contribution in [0.5, 0.6) is 0 Å². The molecule has 2 aromatic rings. The highest BCUT2D eigenvalue weighted by Crippen LogP contribution is 2.15. The van der Waals surface area contributed by atoms with Crippen LogP contribution in [0, 0.1) is 11.8 Å². The number of nitrogens with one attached hydrogen (secondary N) is 1. The fourth-order valence-electron chi connectivity index (χ4n) is 1.28. The maximum Gasteiger partial charge on any atom is 0.262 e. The Morgan fingerprint density at radius 3 is 2.50 bits per heavy atom. The van der Waals surface area contributed by atoms with Gasteiger partial charge in [-0.1, -0.05) is 6.07 Å². The summed E-state index contributed by atoms with van der Waals surface area (Å²) in [6.07, 6.45) is 1.03. The standard InChI is InChI=1S/C11H8F2N2O2S/c12-8-2-1-3-10(6-8)18(16,17)15-9-4-5-11(13)14-7-9/h1-7,15H. The first-order valence-electron chi connectivity index (χ1n) is 4.87. The van der Waals surface area contributed by atoms with E-state index in [9.17, 15) is 17.2 Å². The van der Waals surface area contributed by atoms with Crippen LogP contribution >= 0.6 is 0 Å². The van der Waals surface area contributed by atoms with Gasteiger partial charge in [0.05, 0.1) is 16.8 Å². The predicted octanol–water partition coefficient (Wildman–Crippen LogP) is 2.16. The summed E-state index contributed by atoms with van der Waals surface area (Å²) in [6.45, 7) is 0. The number of nitrogens with zero attached hydrogens (tertiary/aromatic N) is 1. The smallest absolute Gasteiger partial charge is 0.262 e. The van der Waals surface area contributed by atoms with Gasteiger partial charge >= 0.3 is 0 Å². The topological polar surface area (TPSA) is 59.1 Å². The zero-order valence-electron chi connectivity index (χ0n) is 8.97. The van der Waals surface area contributed by atoms with Crippen LogP contribution in [0.4, 0.5) is 14.5 Å². The summed E-state index contributed by atoms with van der Waals surface area (Å²) in [7, 11) is -3.90. The first kappa shape index (κ1) is 12.4. The molecule has 1 heterocycles. The SMILES string of the molecule is O=S(=O)(Nc1ccc(F)nc1)c1cccc(F)c1. The van der Waals surface area contributed by atoms with E-state index in [1.54, 1.807) is 0 Å². The number of benzene rings is 1. The molecule has 1 aromatic heterocycles. The Kier molecular flexibility index (Phi) is 3.24. The predicted molar refractivity (Wildman–Crippen MR) is 61.4 cm³/mol. The summed E-state index contributed by atoms with van der Waals surface area (Å²) < 4.78 is 51.3. The van der Waals surface area contributed by atoms with Crippen molar-refractivity contribution in [3.63, 3.8) is 0 Å². The van der Waals surface area contributed by atoms with E-state index in [1.807, 2.05) is 0 Å². The Morgan fingerprint density at radius 2 is 1.89 bits per heavy atom. The lowest BCUT2D eigenvalue weighted by molar-refractivity contribution is 0.583. The number of halogens is 2. The molecule has 0 atom stereocenters. The molecule has 4 nitrogen and oxygen atoms in total. The first-order valence-corrected chi connectivity index (χ1v) is 6.36. The van der Waals surface area contributed by atoms with E-state index in [1.165, 1.54) is 18.2 Å². The summed E-state index contributed by atoms with van der Waals surface area (Å²) in [6, 6.07) is 6.80. The zero-order valence-corrected chi connectivity index (χ0v) is 9.79. The maximum atomic E-state index is 12.9. The van der Waals surface area contributed by atoms with Crippen molar-refractivity contribution >= 4 is 15.7 Å². The molecule has 0 saturated carbocycles. The van der Waals surface area contributed by atoms with Crippen LogP contribution in [0.3, 0.4) is 0 Å². The van der Waals surface area contributed by atoms with E-state index >= 15 is 0 Å². The molecule has 0 fully saturated rings. The van der Waals surface area contributed by atoms with Crippen LogP contribution in [0.15, 0.2) is 47.5 Å². The first-order chi connectivity index (χ1) is 8.47. The number of aromatic nitrogens is 1. The molecule has 0 bridgehead atoms. The molecule has 0 unspecified atom stereocenters. The van der Waals surface area contributed by atoms with Crippen molar-refractivity contribution in [1.82, 2.24) is 4.98 Å². The number of anilines is 1. The molecule has 7 heteroatoms. The Morgan fingerprint density at radius 1 is 1.11 bits per heavy atom. The second-order valence-corrected chi connectivity index (χ2v) is 5.11. The van der Waals surface area contributed by atoms with E-state index in [0.29, 0.717) is 0 Å². The van der Waals surface area contributed by atoms with Crippen LogP contribution in [0.1, 0.15) is 0 Å². The van der Waals surface area contributed by atoms with Gasteiger partial charge in [0.1, 0.15) is 5.82 Å². The molecule has 0 radical (unpaired) electrons. The van der Waals surface area contributed by atoms with Gasteiger partial charge in [0, 0.05) is 0 Å². The third kappa shape index (κ3) is 2.80. The molecule has 0 saturated heterocycles. The Bertz CT molecular complexity index is 657. The molecule has 18 heavy (non-hydrogen) atoms. The fourth-order valence-corrected chi connectivity index (χ4v) is 2.36. The number of rotatable bonds is 3. The fraction of sp³-hybridized carbons (Fsp3) is 0. The molecule has 0 amide bonds. The minimum Gasteiger partial charge on any atom is -0.278 e. The Hall–Kier alpha value is -2.02. The van der Waals surface area contributed by atoms with Gasteiger partial charge in [-0.05, 0) is 30.3 Å². The summed E-state index contributed by atoms with van der Waals surface area (Å²) >= 11 is 0. The normalized spacial score (nSPS) is 11.2. The highest BCUT2D eigenvalue weighted by Gasteiger charge is 2.14. The third-order valence-corrected chi connectivity index (χ3v) is 3.46. The largest absolute Gasteiger partial charge is 0.278 e. The summed E-state index contributed by atoms with van der Waals surface area (Å²) in [5.74, 6) is -1.38. The maximum absolute atomic E-state index is 12.9. The van der Waals surface area contributed by atoms with Crippen LogP contribution in [0.25, 0.3) is 0 Å². The van der Waals surface area contributed by atoms with Crippen LogP contribution in [0.2, 0.25) is 0 Å². The third-order valence-electron chi connectivity index (χ3n) is 2.09. The lowest BCUT2D eigenvalue weighted by Gasteiger charge is -2.07. The molecule has 1 N–H and O–H groups in total. The van der Waals surface area contributed by atoms with Gasteiger partial charge in [-0.3, -0.25) is 4.72 Å². The molecule has 0 spiro atoms.